The average Bonchev–Trinajstić information content (AvgIpc) is 3.06. The lowest BCUT2D eigenvalue weighted by molar-refractivity contribution is 0.0575. The summed E-state index contributed by atoms with van der Waals surface area (Å²) < 4.78 is 44.5. The second-order valence-corrected chi connectivity index (χ2v) is 15.2. The van der Waals surface area contributed by atoms with Crippen molar-refractivity contribution in [1.82, 2.24) is 0 Å². The number of hydrogen-bond donors (Lipinski definition) is 6. The van der Waals surface area contributed by atoms with Crippen molar-refractivity contribution in [1.29, 1.82) is 0 Å². The topological polar surface area (TPSA) is 189 Å². The van der Waals surface area contributed by atoms with Crippen LogP contribution in [0.4, 0.5) is 0 Å². The minimum absolute atomic E-state index is 0.0833. The summed E-state index contributed by atoms with van der Waals surface area (Å²) in [6.45, 7) is 2.04. The van der Waals surface area contributed by atoms with Crippen LogP contribution in [0.15, 0.2) is 83.4 Å². The molecule has 2 aliphatic carbocycles. The number of aryl methyl sites for hydroxylation is 1. The molecule has 0 amide bonds. The van der Waals surface area contributed by atoms with Crippen LogP contribution in [0.1, 0.15) is 91.2 Å². The molecule has 0 fully saturated rings. The number of benzene rings is 3. The van der Waals surface area contributed by atoms with Crippen molar-refractivity contribution in [3.63, 3.8) is 0 Å². The second kappa shape index (κ2) is 13.5. The zero-order chi connectivity index (χ0) is 34.2. The first-order valence-electron chi connectivity index (χ1n) is 16.7. The Bertz CT molecular complexity index is 1790. The van der Waals surface area contributed by atoms with Gasteiger partial charge in [0.1, 0.15) is 17.6 Å². The van der Waals surface area contributed by atoms with E-state index in [4.69, 9.17) is 16.2 Å². The molecule has 48 heavy (non-hydrogen) atoms. The molecule has 3 aliphatic heterocycles. The summed E-state index contributed by atoms with van der Waals surface area (Å²) >= 11 is 0. The molecule has 0 unspecified atom stereocenters. The van der Waals surface area contributed by atoms with Crippen molar-refractivity contribution < 1.29 is 33.0 Å². The zero-order valence-electron chi connectivity index (χ0n) is 27.1. The summed E-state index contributed by atoms with van der Waals surface area (Å²) in [5, 5.41) is 29.9. The molecule has 8 N–H and O–H groups in total. The number of aromatic hydroxyl groups is 1. The number of nitrogens with two attached hydrogens (primary N) is 2. The monoisotopic (exact) mass is 675 g/mol. The quantitative estimate of drug-likeness (QED) is 0.0852. The molecule has 3 heterocycles. The number of guanidine groups is 1. The lowest BCUT2D eigenvalue weighted by Gasteiger charge is -2.39. The number of ether oxygens (including phenoxy) is 1. The Morgan fingerprint density at radius 2 is 1.75 bits per heavy atom. The molecule has 0 saturated carbocycles. The van der Waals surface area contributed by atoms with E-state index in [1.54, 1.807) is 12.1 Å². The van der Waals surface area contributed by atoms with E-state index in [-0.39, 0.29) is 42.5 Å². The number of aliphatic imine (C=N–C) groups is 1. The van der Waals surface area contributed by atoms with Crippen LogP contribution >= 0.6 is 0 Å². The molecule has 3 aromatic rings. The van der Waals surface area contributed by atoms with E-state index >= 15 is 0 Å². The lowest BCUT2D eigenvalue weighted by atomic mass is 9.69. The third-order valence-corrected chi connectivity index (χ3v) is 11.9. The van der Waals surface area contributed by atoms with Gasteiger partial charge < -0.3 is 31.5 Å². The molecule has 8 rings (SSSR count). The first-order valence-corrected chi connectivity index (χ1v) is 18.2. The van der Waals surface area contributed by atoms with Gasteiger partial charge in [0, 0.05) is 24.5 Å². The Morgan fingerprint density at radius 1 is 1.02 bits per heavy atom. The van der Waals surface area contributed by atoms with Crippen LogP contribution in [0.2, 0.25) is 0 Å². The van der Waals surface area contributed by atoms with Crippen LogP contribution in [0, 0.1) is 11.8 Å². The predicted octanol–water partition coefficient (Wildman–Crippen LogP) is 5.15. The van der Waals surface area contributed by atoms with Gasteiger partial charge in [-0.1, -0.05) is 55.5 Å². The van der Waals surface area contributed by atoms with Gasteiger partial charge in [0.15, 0.2) is 5.96 Å². The maximum absolute atomic E-state index is 13.4. The van der Waals surface area contributed by atoms with Crippen molar-refractivity contribution in [2.24, 2.45) is 28.3 Å². The molecule has 5 aliphatic rings. The number of rotatable bonds is 7. The van der Waals surface area contributed by atoms with Crippen LogP contribution in [-0.2, 0) is 22.3 Å². The molecule has 0 saturated heterocycles. The summed E-state index contributed by atoms with van der Waals surface area (Å²) in [4.78, 5) is 4.60. The van der Waals surface area contributed by atoms with Crippen molar-refractivity contribution in [2.75, 3.05) is 6.61 Å². The van der Waals surface area contributed by atoms with Crippen molar-refractivity contribution in [3.8, 4) is 11.5 Å². The Morgan fingerprint density at radius 3 is 2.42 bits per heavy atom. The lowest BCUT2D eigenvalue weighted by Crippen LogP contribution is -2.37. The molecule has 11 heteroatoms. The number of fused-ring (bicyclic) bond motifs is 2. The fraction of sp³-hybridized carbons (Fsp3) is 0.432. The Labute approximate surface area is 281 Å². The number of phenols is 1. The van der Waals surface area contributed by atoms with Gasteiger partial charge in [-0.05, 0) is 108 Å². The number of hydrogen-bond acceptors (Lipinski definition) is 7. The van der Waals surface area contributed by atoms with Gasteiger partial charge in [-0.2, -0.15) is 8.42 Å². The second-order valence-electron chi connectivity index (χ2n) is 13.6. The van der Waals surface area contributed by atoms with E-state index in [9.17, 15) is 28.3 Å². The van der Waals surface area contributed by atoms with Gasteiger partial charge in [-0.15, -0.1) is 0 Å². The molecule has 10 nitrogen and oxygen atoms in total. The molecule has 0 aromatic heterocycles. The summed E-state index contributed by atoms with van der Waals surface area (Å²) in [5.74, 6) is -0.449. The zero-order valence-corrected chi connectivity index (χ0v) is 27.9. The van der Waals surface area contributed by atoms with Crippen LogP contribution in [0.3, 0.4) is 0 Å². The molecule has 6 bridgehead atoms. The normalized spacial score (nSPS) is 27.5. The third-order valence-electron chi connectivity index (χ3n) is 10.6. The Kier molecular flexibility index (Phi) is 9.59. The van der Waals surface area contributed by atoms with Crippen molar-refractivity contribution >= 4 is 16.1 Å². The number of phenolic OH excluding ortho intramolecular Hbond substituents is 1. The van der Waals surface area contributed by atoms with E-state index in [0.717, 1.165) is 29.5 Å². The fourth-order valence-corrected chi connectivity index (χ4v) is 9.24. The molecule has 3 aromatic carbocycles. The number of allylic oxidation sites excluding steroid dienone is 1. The van der Waals surface area contributed by atoms with Gasteiger partial charge >= 0.3 is 0 Å². The van der Waals surface area contributed by atoms with Crippen LogP contribution in [0.5, 0.6) is 11.5 Å². The molecular formula is C37H45N3O7S. The van der Waals surface area contributed by atoms with E-state index in [1.807, 2.05) is 48.5 Å². The number of aliphatic hydroxyl groups is 2. The molecule has 0 radical (unpaired) electrons. The van der Waals surface area contributed by atoms with Crippen molar-refractivity contribution in [2.45, 2.75) is 80.8 Å². The largest absolute Gasteiger partial charge is 0.508 e. The highest BCUT2D eigenvalue weighted by Crippen LogP contribution is 2.49. The standard InChI is InChI=1S/C37H45N3O7S/c1-22-3-4-25-19-29-14-16-31(25)32(22)21-34(48(44,45)46)33-20-26(35(43)24-7-12-28(42)13-8-24)9-15-30(33)23-5-10-27(11-6-23)37(47-29,17-2-18-41)40-36(38)39/h5-8,10-14,16,19-20,22,30,32-35,41-43H,2-4,9,15,17-18,21H2,1H3,(H4,38,39,40)(H,44,45,46)/t22-,30+,32-,33+,34-,35+,37+/m1/s1. The predicted molar refractivity (Wildman–Crippen MR) is 184 cm³/mol. The summed E-state index contributed by atoms with van der Waals surface area (Å²) in [7, 11) is -4.55. The molecule has 0 spiro atoms. The minimum Gasteiger partial charge on any atom is -0.508 e. The average molecular weight is 676 g/mol. The number of aliphatic hydroxyl groups excluding tert-OH is 2. The molecular weight excluding hydrogens is 630 g/mol. The highest BCUT2D eigenvalue weighted by atomic mass is 32.2. The smallest absolute Gasteiger partial charge is 0.268 e. The summed E-state index contributed by atoms with van der Waals surface area (Å²) in [6, 6.07) is 19.7. The third kappa shape index (κ3) is 6.82. The Hall–Kier alpha value is -3.90. The van der Waals surface area contributed by atoms with Crippen LogP contribution < -0.4 is 16.2 Å². The molecule has 256 valence electrons. The van der Waals surface area contributed by atoms with E-state index in [0.29, 0.717) is 48.1 Å². The van der Waals surface area contributed by atoms with Crippen LogP contribution in [0.25, 0.3) is 0 Å². The van der Waals surface area contributed by atoms with E-state index < -0.39 is 33.1 Å². The van der Waals surface area contributed by atoms with Crippen LogP contribution in [-0.4, -0.2) is 46.1 Å². The summed E-state index contributed by atoms with van der Waals surface area (Å²) in [6.07, 6.45) is 4.40. The van der Waals surface area contributed by atoms with Crippen molar-refractivity contribution in [3.05, 3.63) is 106 Å². The minimum atomic E-state index is -4.55. The van der Waals surface area contributed by atoms with E-state index in [1.165, 1.54) is 12.1 Å². The van der Waals surface area contributed by atoms with E-state index in [2.05, 4.69) is 11.9 Å². The Balaban J connectivity index is 1.55. The molecule has 7 atom stereocenters. The van der Waals surface area contributed by atoms with Gasteiger partial charge in [-0.3, -0.25) is 4.55 Å². The first kappa shape index (κ1) is 34.0. The highest BCUT2D eigenvalue weighted by Gasteiger charge is 2.43. The van der Waals surface area contributed by atoms with Gasteiger partial charge in [-0.25, -0.2) is 4.99 Å². The maximum atomic E-state index is 13.4. The van der Waals surface area contributed by atoms with Gasteiger partial charge in [0.2, 0.25) is 5.72 Å². The highest BCUT2D eigenvalue weighted by molar-refractivity contribution is 7.86. The number of nitrogens with zero attached hydrogens (tertiary/aromatic N) is 1. The fourth-order valence-electron chi connectivity index (χ4n) is 8.13. The van der Waals surface area contributed by atoms with Gasteiger partial charge in [0.05, 0.1) is 5.25 Å². The summed E-state index contributed by atoms with van der Waals surface area (Å²) in [5.41, 5.74) is 15.5. The first-order chi connectivity index (χ1) is 22.9. The maximum Gasteiger partial charge on any atom is 0.268 e. The SMILES string of the molecule is C[C@@H]1CCc2cc3ccc2[C@@H]1C[C@@H](S(=O)(=O)O)[C@H]1C=C([C@@H](O)c2ccc(O)cc2)CC[C@H]1c1ccc(cc1)[C@@](CCCO)(N=C(N)N)O3. The van der Waals surface area contributed by atoms with Gasteiger partial charge in [0.25, 0.3) is 10.1 Å².